The van der Waals surface area contributed by atoms with Crippen molar-refractivity contribution in [2.45, 2.75) is 25.9 Å². The molecule has 1 aliphatic heterocycles. The molecule has 7 nitrogen and oxygen atoms in total. The van der Waals surface area contributed by atoms with E-state index < -0.39 is 28.4 Å². The Morgan fingerprint density at radius 3 is 2.15 bits per heavy atom. The molecule has 0 aromatic heterocycles. The van der Waals surface area contributed by atoms with Gasteiger partial charge in [0.05, 0.1) is 6.10 Å². The maximum Gasteiger partial charge on any atom is 0.419 e. The highest BCUT2D eigenvalue weighted by Crippen LogP contribution is 2.33. The Hall–Kier alpha value is -0.700. The Labute approximate surface area is 74.5 Å². The van der Waals surface area contributed by atoms with Crippen LogP contribution in [0.5, 0.6) is 0 Å². The van der Waals surface area contributed by atoms with E-state index in [9.17, 15) is 13.2 Å². The molecule has 8 heteroatoms. The predicted molar refractivity (Wildman–Crippen MR) is 37.7 cm³/mol. The molecule has 1 aliphatic rings. The molecule has 1 fully saturated rings. The van der Waals surface area contributed by atoms with Crippen LogP contribution in [-0.4, -0.2) is 31.6 Å². The zero-order chi connectivity index (χ0) is 10.3. The lowest BCUT2D eigenvalue weighted by molar-refractivity contribution is -0.344. The van der Waals surface area contributed by atoms with Gasteiger partial charge < -0.3 is 9.84 Å². The minimum absolute atomic E-state index is 0.536. The summed E-state index contributed by atoms with van der Waals surface area (Å²) in [4.78, 5) is 10.5. The summed E-state index contributed by atoms with van der Waals surface area (Å²) in [6, 6.07) is 0. The lowest BCUT2D eigenvalue weighted by atomic mass is 10.4. The fourth-order valence-corrected chi connectivity index (χ4v) is 1.52. The van der Waals surface area contributed by atoms with Gasteiger partial charge in [0.25, 0.3) is 0 Å². The Morgan fingerprint density at radius 1 is 1.46 bits per heavy atom. The quantitative estimate of drug-likeness (QED) is 0.669. The van der Waals surface area contributed by atoms with Gasteiger partial charge in [0.15, 0.2) is 0 Å². The van der Waals surface area contributed by atoms with Gasteiger partial charge in [0.1, 0.15) is 0 Å². The summed E-state index contributed by atoms with van der Waals surface area (Å²) in [6.45, 7) is 3.03. The summed E-state index contributed by atoms with van der Waals surface area (Å²) in [6.07, 6.45) is -0.536. The standard InChI is InChI=1S/C5H8O7S/c1-3(2)10-5(4(6)7)11-13(8,9)12-5/h3H,1-2H3,(H,6,7). The smallest absolute Gasteiger partial charge is 0.419 e. The first kappa shape index (κ1) is 10.4. The van der Waals surface area contributed by atoms with Gasteiger partial charge in [-0.25, -0.2) is 4.79 Å². The third-order valence-electron chi connectivity index (χ3n) is 1.08. The fraction of sp³-hybridized carbons (Fsp3) is 0.800. The van der Waals surface area contributed by atoms with Crippen LogP contribution in [0.3, 0.4) is 0 Å². The molecule has 76 valence electrons. The van der Waals surface area contributed by atoms with E-state index >= 15 is 0 Å². The average Bonchev–Trinajstić information content (AvgIpc) is 1.80. The van der Waals surface area contributed by atoms with Gasteiger partial charge in [-0.15, -0.1) is 0 Å². The first-order valence-corrected chi connectivity index (χ1v) is 4.68. The first-order chi connectivity index (χ1) is 5.77. The molecule has 0 aromatic carbocycles. The van der Waals surface area contributed by atoms with Gasteiger partial charge in [-0.2, -0.15) is 16.8 Å². The van der Waals surface area contributed by atoms with Crippen molar-refractivity contribution < 1.29 is 31.4 Å². The molecular formula is C5H8O7S. The highest BCUT2D eigenvalue weighted by atomic mass is 32.3. The summed E-state index contributed by atoms with van der Waals surface area (Å²) in [5.74, 6) is -4.14. The van der Waals surface area contributed by atoms with Crippen molar-refractivity contribution >= 4 is 16.4 Å². The molecular weight excluding hydrogens is 204 g/mol. The van der Waals surface area contributed by atoms with E-state index in [1.54, 1.807) is 0 Å². The number of carbonyl (C=O) groups is 1. The summed E-state index contributed by atoms with van der Waals surface area (Å²) >= 11 is 0. The molecule has 1 heterocycles. The predicted octanol–water partition coefficient (Wildman–Crippen LogP) is -0.559. The summed E-state index contributed by atoms with van der Waals surface area (Å²) < 4.78 is 33.5. The molecule has 0 unspecified atom stereocenters. The van der Waals surface area contributed by atoms with Crippen LogP contribution in [0.25, 0.3) is 0 Å². The molecule has 13 heavy (non-hydrogen) atoms. The molecule has 0 atom stereocenters. The molecule has 0 amide bonds. The minimum Gasteiger partial charge on any atom is -0.475 e. The number of rotatable bonds is 3. The zero-order valence-electron chi connectivity index (χ0n) is 6.88. The van der Waals surface area contributed by atoms with E-state index in [2.05, 4.69) is 13.1 Å². The lowest BCUT2D eigenvalue weighted by Crippen LogP contribution is -2.59. The third kappa shape index (κ3) is 1.97. The van der Waals surface area contributed by atoms with Crippen LogP contribution in [0, 0.1) is 0 Å². The summed E-state index contributed by atoms with van der Waals surface area (Å²) in [5.41, 5.74) is 0. The number of ether oxygens (including phenoxy) is 1. The van der Waals surface area contributed by atoms with Crippen molar-refractivity contribution in [1.82, 2.24) is 0 Å². The number of hydrogen-bond donors (Lipinski definition) is 1. The van der Waals surface area contributed by atoms with Crippen LogP contribution < -0.4 is 0 Å². The summed E-state index contributed by atoms with van der Waals surface area (Å²) in [5, 5.41) is 8.53. The van der Waals surface area contributed by atoms with Gasteiger partial charge in [0.2, 0.25) is 0 Å². The normalized spacial score (nSPS) is 23.9. The Morgan fingerprint density at radius 2 is 1.92 bits per heavy atom. The van der Waals surface area contributed by atoms with Gasteiger partial charge in [-0.05, 0) is 13.8 Å². The van der Waals surface area contributed by atoms with Crippen LogP contribution in [-0.2, 0) is 28.3 Å². The van der Waals surface area contributed by atoms with Crippen LogP contribution in [0.2, 0.25) is 0 Å². The molecule has 0 bridgehead atoms. The second-order valence-electron chi connectivity index (χ2n) is 2.60. The third-order valence-corrected chi connectivity index (χ3v) is 1.92. The topological polar surface area (TPSA) is 99.1 Å². The molecule has 1 N–H and O–H groups in total. The highest BCUT2D eigenvalue weighted by molar-refractivity contribution is 7.82. The first-order valence-electron chi connectivity index (χ1n) is 3.35. The van der Waals surface area contributed by atoms with Crippen molar-refractivity contribution in [3.63, 3.8) is 0 Å². The largest absolute Gasteiger partial charge is 0.475 e. The van der Waals surface area contributed by atoms with E-state index in [1.165, 1.54) is 13.8 Å². The second-order valence-corrected chi connectivity index (χ2v) is 3.75. The zero-order valence-corrected chi connectivity index (χ0v) is 7.70. The highest BCUT2D eigenvalue weighted by Gasteiger charge is 2.61. The van der Waals surface area contributed by atoms with Crippen molar-refractivity contribution in [3.8, 4) is 0 Å². The van der Waals surface area contributed by atoms with E-state index in [0.29, 0.717) is 0 Å². The molecule has 1 rings (SSSR count). The second kappa shape index (κ2) is 2.91. The number of carboxylic acid groups (broad SMARTS) is 1. The maximum atomic E-state index is 10.5. The van der Waals surface area contributed by atoms with E-state index in [1.807, 2.05) is 0 Å². The SMILES string of the molecule is CC(C)OC1(C(=O)O)OS(=O)(=O)O1. The fourth-order valence-electron chi connectivity index (χ4n) is 0.746. The molecule has 0 aromatic rings. The molecule has 1 saturated heterocycles. The molecule has 0 aliphatic carbocycles. The van der Waals surface area contributed by atoms with Gasteiger partial charge in [-0.3, -0.25) is 0 Å². The number of aliphatic carboxylic acids is 1. The van der Waals surface area contributed by atoms with Gasteiger partial charge >= 0.3 is 22.3 Å². The molecule has 0 radical (unpaired) electrons. The average molecular weight is 212 g/mol. The van der Waals surface area contributed by atoms with Crippen molar-refractivity contribution in [3.05, 3.63) is 0 Å². The Balaban J connectivity index is 2.77. The van der Waals surface area contributed by atoms with Crippen LogP contribution in [0.1, 0.15) is 13.8 Å². The monoisotopic (exact) mass is 212 g/mol. The van der Waals surface area contributed by atoms with E-state index in [0.717, 1.165) is 0 Å². The van der Waals surface area contributed by atoms with Crippen molar-refractivity contribution in [2.75, 3.05) is 0 Å². The van der Waals surface area contributed by atoms with Crippen LogP contribution >= 0.6 is 0 Å². The Bertz CT molecular complexity index is 304. The minimum atomic E-state index is -4.19. The molecule has 0 saturated carbocycles. The lowest BCUT2D eigenvalue weighted by Gasteiger charge is -2.35. The maximum absolute atomic E-state index is 10.5. The Kier molecular flexibility index (Phi) is 2.32. The van der Waals surface area contributed by atoms with E-state index in [4.69, 9.17) is 5.11 Å². The van der Waals surface area contributed by atoms with Gasteiger partial charge in [0, 0.05) is 0 Å². The molecule has 0 spiro atoms. The van der Waals surface area contributed by atoms with Crippen LogP contribution in [0.4, 0.5) is 0 Å². The summed E-state index contributed by atoms with van der Waals surface area (Å²) in [7, 11) is -4.19. The van der Waals surface area contributed by atoms with Gasteiger partial charge in [-0.1, -0.05) is 0 Å². The van der Waals surface area contributed by atoms with Crippen molar-refractivity contribution in [2.24, 2.45) is 0 Å². The van der Waals surface area contributed by atoms with Crippen LogP contribution in [0.15, 0.2) is 0 Å². The number of carboxylic acids is 1. The van der Waals surface area contributed by atoms with E-state index in [-0.39, 0.29) is 0 Å². The van der Waals surface area contributed by atoms with Crippen molar-refractivity contribution in [1.29, 1.82) is 0 Å². The number of hydrogen-bond acceptors (Lipinski definition) is 6.